The molecule has 3 aromatic rings. The molecule has 1 aromatic heterocycles. The van der Waals surface area contributed by atoms with Crippen LogP contribution < -0.4 is 9.62 Å². The smallest absolute Gasteiger partial charge is 0.264 e. The molecule has 0 bridgehead atoms. The Hall–Kier alpha value is -3.15. The second-order valence-electron chi connectivity index (χ2n) is 6.58. The Bertz CT molecular complexity index is 1210. The van der Waals surface area contributed by atoms with Gasteiger partial charge >= 0.3 is 0 Å². The van der Waals surface area contributed by atoms with E-state index in [0.29, 0.717) is 21.8 Å². The van der Waals surface area contributed by atoms with Crippen molar-refractivity contribution in [1.29, 1.82) is 5.26 Å². The predicted molar refractivity (Wildman–Crippen MR) is 120 cm³/mol. The molecule has 3 rings (SSSR count). The van der Waals surface area contributed by atoms with Crippen LogP contribution >= 0.6 is 11.3 Å². The van der Waals surface area contributed by atoms with Crippen molar-refractivity contribution in [2.45, 2.75) is 25.7 Å². The van der Waals surface area contributed by atoms with E-state index in [1.807, 2.05) is 19.9 Å². The summed E-state index contributed by atoms with van der Waals surface area (Å²) in [6.07, 6.45) is 0. The van der Waals surface area contributed by atoms with Gasteiger partial charge in [0.05, 0.1) is 16.1 Å². The molecule has 0 saturated heterocycles. The molecule has 8 heteroatoms. The Balaban J connectivity index is 1.85. The first-order chi connectivity index (χ1) is 14.3. The first kappa shape index (κ1) is 21.6. The number of thiophene rings is 1. The number of hydrogen-bond donors (Lipinski definition) is 1. The van der Waals surface area contributed by atoms with Crippen molar-refractivity contribution in [2.24, 2.45) is 0 Å². The lowest BCUT2D eigenvalue weighted by atomic mass is 10.2. The number of nitrogens with one attached hydrogen (secondary N) is 1. The highest BCUT2D eigenvalue weighted by atomic mass is 32.2. The summed E-state index contributed by atoms with van der Waals surface area (Å²) < 4.78 is 27.4. The average molecular weight is 440 g/mol. The number of benzene rings is 2. The molecule has 0 unspecified atom stereocenters. The zero-order valence-corrected chi connectivity index (χ0v) is 18.5. The Morgan fingerprint density at radius 3 is 2.30 bits per heavy atom. The summed E-state index contributed by atoms with van der Waals surface area (Å²) in [6.45, 7) is 5.78. The molecule has 1 heterocycles. The van der Waals surface area contributed by atoms with E-state index in [9.17, 15) is 18.5 Å². The van der Waals surface area contributed by atoms with Crippen LogP contribution in [0.2, 0.25) is 0 Å². The van der Waals surface area contributed by atoms with E-state index in [2.05, 4.69) is 11.4 Å². The second kappa shape index (κ2) is 8.69. The third-order valence-electron chi connectivity index (χ3n) is 4.76. The summed E-state index contributed by atoms with van der Waals surface area (Å²) >= 11 is 1.34. The molecule has 0 aliphatic rings. The summed E-state index contributed by atoms with van der Waals surface area (Å²) in [4.78, 5) is 13.7. The van der Waals surface area contributed by atoms with Crippen LogP contribution in [-0.4, -0.2) is 20.9 Å². The van der Waals surface area contributed by atoms with Gasteiger partial charge < -0.3 is 5.32 Å². The lowest BCUT2D eigenvalue weighted by molar-refractivity contribution is 0.102. The molecule has 1 amide bonds. The van der Waals surface area contributed by atoms with E-state index in [1.165, 1.54) is 39.9 Å². The number of sulfonamides is 1. The van der Waals surface area contributed by atoms with Crippen LogP contribution in [0.15, 0.2) is 59.5 Å². The van der Waals surface area contributed by atoms with Crippen molar-refractivity contribution in [1.82, 2.24) is 0 Å². The molecule has 154 valence electrons. The third kappa shape index (κ3) is 4.08. The van der Waals surface area contributed by atoms with Gasteiger partial charge in [0.25, 0.3) is 15.9 Å². The summed E-state index contributed by atoms with van der Waals surface area (Å²) in [7, 11) is -3.76. The summed E-state index contributed by atoms with van der Waals surface area (Å²) in [5, 5.41) is 12.6. The Morgan fingerprint density at radius 2 is 1.73 bits per heavy atom. The van der Waals surface area contributed by atoms with Gasteiger partial charge in [-0.2, -0.15) is 5.26 Å². The molecule has 0 spiro atoms. The minimum atomic E-state index is -3.76. The summed E-state index contributed by atoms with van der Waals surface area (Å²) in [5.74, 6) is -0.396. The van der Waals surface area contributed by atoms with E-state index < -0.39 is 15.9 Å². The van der Waals surface area contributed by atoms with Crippen LogP contribution in [0.4, 0.5) is 10.7 Å². The number of aryl methyl sites for hydroxylation is 1. The molecule has 0 fully saturated rings. The third-order valence-corrected chi connectivity index (χ3v) is 7.80. The Labute approximate surface area is 180 Å². The number of nitriles is 1. The number of hydrogen-bond acceptors (Lipinski definition) is 5. The monoisotopic (exact) mass is 439 g/mol. The van der Waals surface area contributed by atoms with Crippen LogP contribution in [0, 0.1) is 25.2 Å². The van der Waals surface area contributed by atoms with Gasteiger partial charge in [-0.15, -0.1) is 11.3 Å². The molecule has 0 saturated carbocycles. The van der Waals surface area contributed by atoms with E-state index >= 15 is 0 Å². The van der Waals surface area contributed by atoms with Gasteiger partial charge in [-0.1, -0.05) is 18.2 Å². The van der Waals surface area contributed by atoms with Crippen molar-refractivity contribution < 1.29 is 13.2 Å². The molecular weight excluding hydrogens is 418 g/mol. The molecule has 0 radical (unpaired) electrons. The lowest BCUT2D eigenvalue weighted by Gasteiger charge is -2.23. The SMILES string of the molecule is CCN(c1ccccc1)S(=O)(=O)c1ccc(C(=O)Nc2sc(C)c(C)c2C#N)cc1. The molecule has 0 aliphatic carbocycles. The number of rotatable bonds is 6. The highest BCUT2D eigenvalue weighted by molar-refractivity contribution is 7.92. The van der Waals surface area contributed by atoms with Gasteiger partial charge in [0.15, 0.2) is 0 Å². The van der Waals surface area contributed by atoms with E-state index in [-0.39, 0.29) is 11.4 Å². The van der Waals surface area contributed by atoms with Crippen LogP contribution in [-0.2, 0) is 10.0 Å². The van der Waals surface area contributed by atoms with E-state index in [1.54, 1.807) is 31.2 Å². The number of para-hydroxylation sites is 1. The molecule has 6 nitrogen and oxygen atoms in total. The average Bonchev–Trinajstić information content (AvgIpc) is 3.01. The zero-order chi connectivity index (χ0) is 21.9. The second-order valence-corrected chi connectivity index (χ2v) is 9.67. The van der Waals surface area contributed by atoms with Crippen molar-refractivity contribution in [2.75, 3.05) is 16.2 Å². The zero-order valence-electron chi connectivity index (χ0n) is 16.8. The maximum absolute atomic E-state index is 13.1. The van der Waals surface area contributed by atoms with Crippen molar-refractivity contribution in [3.63, 3.8) is 0 Å². The predicted octanol–water partition coefficient (Wildman–Crippen LogP) is 4.70. The highest BCUT2D eigenvalue weighted by Crippen LogP contribution is 2.32. The van der Waals surface area contributed by atoms with Gasteiger partial charge in [-0.3, -0.25) is 9.10 Å². The van der Waals surface area contributed by atoms with E-state index in [0.717, 1.165) is 10.4 Å². The molecule has 0 atom stereocenters. The fraction of sp³-hybridized carbons (Fsp3) is 0.182. The summed E-state index contributed by atoms with van der Waals surface area (Å²) in [5.41, 5.74) is 2.19. The quantitative estimate of drug-likeness (QED) is 0.602. The normalized spacial score (nSPS) is 11.0. The molecule has 30 heavy (non-hydrogen) atoms. The number of nitrogens with zero attached hydrogens (tertiary/aromatic N) is 2. The van der Waals surface area contributed by atoms with Gasteiger partial charge in [-0.05, 0) is 62.7 Å². The molecule has 2 aromatic carbocycles. The van der Waals surface area contributed by atoms with Crippen molar-refractivity contribution >= 4 is 38.0 Å². The van der Waals surface area contributed by atoms with Crippen LogP contribution in [0.25, 0.3) is 0 Å². The van der Waals surface area contributed by atoms with E-state index in [4.69, 9.17) is 0 Å². The standard InChI is InChI=1S/C22H21N3O3S2/c1-4-25(18-8-6-5-7-9-18)30(27,28)19-12-10-17(11-13-19)21(26)24-22-20(14-23)15(2)16(3)29-22/h5-13H,4H2,1-3H3,(H,24,26). The largest absolute Gasteiger partial charge is 0.312 e. The van der Waals surface area contributed by atoms with Crippen LogP contribution in [0.1, 0.15) is 33.3 Å². The number of carbonyl (C=O) groups excluding carboxylic acids is 1. The van der Waals surface area contributed by atoms with Gasteiger partial charge in [0, 0.05) is 17.0 Å². The van der Waals surface area contributed by atoms with Crippen LogP contribution in [0.3, 0.4) is 0 Å². The molecule has 0 aliphatic heterocycles. The van der Waals surface area contributed by atoms with Gasteiger partial charge in [0.2, 0.25) is 0 Å². The Kier molecular flexibility index (Phi) is 6.25. The molecular formula is C22H21N3O3S2. The van der Waals surface area contributed by atoms with Crippen molar-refractivity contribution in [3.05, 3.63) is 76.2 Å². The van der Waals surface area contributed by atoms with Crippen molar-refractivity contribution in [3.8, 4) is 6.07 Å². The fourth-order valence-corrected chi connectivity index (χ4v) is 5.50. The minimum Gasteiger partial charge on any atom is -0.312 e. The maximum Gasteiger partial charge on any atom is 0.264 e. The number of carbonyl (C=O) groups is 1. The fourth-order valence-electron chi connectivity index (χ4n) is 3.02. The first-order valence-corrected chi connectivity index (χ1v) is 11.5. The Morgan fingerprint density at radius 1 is 1.10 bits per heavy atom. The number of anilines is 2. The topological polar surface area (TPSA) is 90.3 Å². The first-order valence-electron chi connectivity index (χ1n) is 9.29. The highest BCUT2D eigenvalue weighted by Gasteiger charge is 2.24. The lowest BCUT2D eigenvalue weighted by Crippen LogP contribution is -2.30. The number of amides is 1. The minimum absolute atomic E-state index is 0.102. The van der Waals surface area contributed by atoms with Crippen LogP contribution in [0.5, 0.6) is 0 Å². The molecule has 1 N–H and O–H groups in total. The van der Waals surface area contributed by atoms with Gasteiger partial charge in [-0.25, -0.2) is 8.42 Å². The maximum atomic E-state index is 13.1. The van der Waals surface area contributed by atoms with Gasteiger partial charge in [0.1, 0.15) is 11.1 Å². The summed E-state index contributed by atoms with van der Waals surface area (Å²) in [6, 6.07) is 16.8.